The standard InChI is InChI=1S/C11H15F3N4/c12-11(13,14)7-3-4-8-16-17-10(18(8)5-7)9(15)6-1-2-6/h6-7,9H,1-5,15H2. The summed E-state index contributed by atoms with van der Waals surface area (Å²) >= 11 is 0. The molecule has 18 heavy (non-hydrogen) atoms. The van der Waals surface area contributed by atoms with E-state index in [4.69, 9.17) is 5.73 Å². The molecule has 0 saturated heterocycles. The summed E-state index contributed by atoms with van der Waals surface area (Å²) in [6.45, 7) is -0.0818. The lowest BCUT2D eigenvalue weighted by Gasteiger charge is -2.27. The van der Waals surface area contributed by atoms with E-state index >= 15 is 0 Å². The Kier molecular flexibility index (Phi) is 2.62. The van der Waals surface area contributed by atoms with Crippen molar-refractivity contribution >= 4 is 0 Å². The molecule has 1 saturated carbocycles. The first kappa shape index (κ1) is 12.0. The van der Waals surface area contributed by atoms with Crippen LogP contribution >= 0.6 is 0 Å². The minimum Gasteiger partial charge on any atom is -0.321 e. The molecule has 1 aromatic heterocycles. The average Bonchev–Trinajstić information content (AvgIpc) is 3.06. The van der Waals surface area contributed by atoms with Crippen molar-refractivity contribution < 1.29 is 13.2 Å². The number of halogens is 3. The van der Waals surface area contributed by atoms with Crippen LogP contribution < -0.4 is 5.73 Å². The van der Waals surface area contributed by atoms with Crippen LogP contribution in [0.3, 0.4) is 0 Å². The molecule has 0 spiro atoms. The molecule has 2 aliphatic rings. The fourth-order valence-electron chi connectivity index (χ4n) is 2.53. The van der Waals surface area contributed by atoms with E-state index < -0.39 is 12.1 Å². The number of hydrogen-bond acceptors (Lipinski definition) is 3. The quantitative estimate of drug-likeness (QED) is 0.882. The SMILES string of the molecule is NC(c1nnc2n1CC(C(F)(F)F)CC2)C1CC1. The normalized spacial score (nSPS) is 25.9. The smallest absolute Gasteiger partial charge is 0.321 e. The van der Waals surface area contributed by atoms with Crippen LogP contribution in [-0.4, -0.2) is 20.9 Å². The molecule has 4 nitrogen and oxygen atoms in total. The second-order valence-electron chi connectivity index (χ2n) is 5.23. The van der Waals surface area contributed by atoms with Crippen molar-refractivity contribution in [1.82, 2.24) is 14.8 Å². The van der Waals surface area contributed by atoms with Crippen molar-refractivity contribution in [3.8, 4) is 0 Å². The van der Waals surface area contributed by atoms with Gasteiger partial charge in [-0.1, -0.05) is 0 Å². The highest BCUT2D eigenvalue weighted by Gasteiger charge is 2.43. The third-order valence-electron chi connectivity index (χ3n) is 3.87. The number of nitrogens with two attached hydrogens (primary N) is 1. The largest absolute Gasteiger partial charge is 0.393 e. The maximum absolute atomic E-state index is 12.8. The van der Waals surface area contributed by atoms with E-state index in [1.54, 1.807) is 4.57 Å². The second-order valence-corrected chi connectivity index (χ2v) is 5.23. The molecule has 1 aliphatic carbocycles. The van der Waals surface area contributed by atoms with E-state index in [0.29, 0.717) is 24.0 Å². The molecular formula is C11H15F3N4. The zero-order chi connectivity index (χ0) is 12.9. The Morgan fingerprint density at radius 2 is 1.94 bits per heavy atom. The van der Waals surface area contributed by atoms with E-state index in [-0.39, 0.29) is 19.0 Å². The van der Waals surface area contributed by atoms with Gasteiger partial charge in [0.15, 0.2) is 0 Å². The van der Waals surface area contributed by atoms with E-state index in [9.17, 15) is 13.2 Å². The third-order valence-corrected chi connectivity index (χ3v) is 3.87. The summed E-state index contributed by atoms with van der Waals surface area (Å²) in [5.41, 5.74) is 6.02. The minimum atomic E-state index is -4.15. The molecule has 0 bridgehead atoms. The zero-order valence-corrected chi connectivity index (χ0v) is 9.82. The Morgan fingerprint density at radius 3 is 2.56 bits per heavy atom. The van der Waals surface area contributed by atoms with Crippen molar-refractivity contribution in [2.45, 2.75) is 44.4 Å². The summed E-state index contributed by atoms with van der Waals surface area (Å²) in [5.74, 6) is 0.235. The van der Waals surface area contributed by atoms with Crippen LogP contribution in [0, 0.1) is 11.8 Å². The third kappa shape index (κ3) is 2.00. The average molecular weight is 260 g/mol. The first-order chi connectivity index (χ1) is 8.47. The molecule has 2 atom stereocenters. The highest BCUT2D eigenvalue weighted by Crippen LogP contribution is 2.40. The van der Waals surface area contributed by atoms with E-state index in [1.165, 1.54) is 0 Å². The maximum atomic E-state index is 12.8. The van der Waals surface area contributed by atoms with Crippen LogP contribution in [0.4, 0.5) is 13.2 Å². The molecule has 0 amide bonds. The maximum Gasteiger partial charge on any atom is 0.393 e. The molecule has 0 radical (unpaired) electrons. The molecule has 3 rings (SSSR count). The van der Waals surface area contributed by atoms with Gasteiger partial charge in [-0.25, -0.2) is 0 Å². The van der Waals surface area contributed by atoms with Gasteiger partial charge in [0.2, 0.25) is 0 Å². The number of aromatic nitrogens is 3. The van der Waals surface area contributed by atoms with Crippen LogP contribution in [0.5, 0.6) is 0 Å². The Labute approximate surface area is 102 Å². The number of alkyl halides is 3. The molecular weight excluding hydrogens is 245 g/mol. The number of fused-ring (bicyclic) bond motifs is 1. The molecule has 2 unspecified atom stereocenters. The van der Waals surface area contributed by atoms with Gasteiger partial charge in [-0.2, -0.15) is 13.2 Å². The Hall–Kier alpha value is -1.11. The van der Waals surface area contributed by atoms with Gasteiger partial charge in [0.1, 0.15) is 11.6 Å². The molecule has 1 fully saturated rings. The van der Waals surface area contributed by atoms with Gasteiger partial charge in [-0.15, -0.1) is 10.2 Å². The minimum absolute atomic E-state index is 0.0818. The molecule has 7 heteroatoms. The van der Waals surface area contributed by atoms with E-state index in [2.05, 4.69) is 10.2 Å². The summed E-state index contributed by atoms with van der Waals surface area (Å²) in [6.07, 6.45) is -1.66. The fourth-order valence-corrected chi connectivity index (χ4v) is 2.53. The summed E-state index contributed by atoms with van der Waals surface area (Å²) in [5, 5.41) is 7.97. The Morgan fingerprint density at radius 1 is 1.22 bits per heavy atom. The number of rotatable bonds is 2. The lowest BCUT2D eigenvalue weighted by molar-refractivity contribution is -0.182. The van der Waals surface area contributed by atoms with Crippen LogP contribution in [0.25, 0.3) is 0 Å². The van der Waals surface area contributed by atoms with Gasteiger partial charge in [0.05, 0.1) is 12.0 Å². The predicted molar refractivity (Wildman–Crippen MR) is 57.5 cm³/mol. The molecule has 1 aromatic rings. The van der Waals surface area contributed by atoms with Crippen LogP contribution in [0.2, 0.25) is 0 Å². The molecule has 0 aromatic carbocycles. The van der Waals surface area contributed by atoms with Crippen molar-refractivity contribution in [2.75, 3.05) is 0 Å². The lowest BCUT2D eigenvalue weighted by Crippen LogP contribution is -2.33. The summed E-state index contributed by atoms with van der Waals surface area (Å²) < 4.78 is 39.9. The summed E-state index contributed by atoms with van der Waals surface area (Å²) in [4.78, 5) is 0. The van der Waals surface area contributed by atoms with E-state index in [1.807, 2.05) is 0 Å². The van der Waals surface area contributed by atoms with Gasteiger partial charge in [-0.3, -0.25) is 0 Å². The van der Waals surface area contributed by atoms with Crippen LogP contribution in [0.1, 0.15) is 37.0 Å². The van der Waals surface area contributed by atoms with Gasteiger partial charge in [0.25, 0.3) is 0 Å². The van der Waals surface area contributed by atoms with Crippen molar-refractivity contribution in [3.05, 3.63) is 11.6 Å². The molecule has 1 aliphatic heterocycles. The zero-order valence-electron chi connectivity index (χ0n) is 9.82. The van der Waals surface area contributed by atoms with Gasteiger partial charge in [-0.05, 0) is 25.2 Å². The monoisotopic (exact) mass is 260 g/mol. The first-order valence-corrected chi connectivity index (χ1v) is 6.21. The van der Waals surface area contributed by atoms with Crippen molar-refractivity contribution in [1.29, 1.82) is 0 Å². The number of hydrogen-bond donors (Lipinski definition) is 1. The fraction of sp³-hybridized carbons (Fsp3) is 0.818. The first-order valence-electron chi connectivity index (χ1n) is 6.21. The Balaban J connectivity index is 1.86. The highest BCUT2D eigenvalue weighted by molar-refractivity contribution is 5.07. The number of aryl methyl sites for hydroxylation is 1. The van der Waals surface area contributed by atoms with Crippen molar-refractivity contribution in [2.24, 2.45) is 17.6 Å². The molecule has 2 heterocycles. The van der Waals surface area contributed by atoms with Crippen LogP contribution in [-0.2, 0) is 13.0 Å². The van der Waals surface area contributed by atoms with Gasteiger partial charge in [0, 0.05) is 13.0 Å². The number of nitrogens with zero attached hydrogens (tertiary/aromatic N) is 3. The highest BCUT2D eigenvalue weighted by atomic mass is 19.4. The lowest BCUT2D eigenvalue weighted by atomic mass is 9.98. The molecule has 100 valence electrons. The van der Waals surface area contributed by atoms with E-state index in [0.717, 1.165) is 12.8 Å². The predicted octanol–water partition coefficient (Wildman–Crippen LogP) is 1.81. The van der Waals surface area contributed by atoms with Gasteiger partial charge >= 0.3 is 6.18 Å². The summed E-state index contributed by atoms with van der Waals surface area (Å²) in [6, 6.07) is -0.266. The van der Waals surface area contributed by atoms with Gasteiger partial charge < -0.3 is 10.3 Å². The summed E-state index contributed by atoms with van der Waals surface area (Å²) in [7, 11) is 0. The topological polar surface area (TPSA) is 56.7 Å². The Bertz CT molecular complexity index is 450. The van der Waals surface area contributed by atoms with Crippen molar-refractivity contribution in [3.63, 3.8) is 0 Å². The molecule has 2 N–H and O–H groups in total. The second kappa shape index (κ2) is 3.94. The van der Waals surface area contributed by atoms with Crippen LogP contribution in [0.15, 0.2) is 0 Å².